The zero-order chi connectivity index (χ0) is 24.1. The number of aryl methyl sites for hydroxylation is 1. The summed E-state index contributed by atoms with van der Waals surface area (Å²) in [5.41, 5.74) is 2.46. The second kappa shape index (κ2) is 11.6. The van der Waals surface area contributed by atoms with Gasteiger partial charge >= 0.3 is 217 Å². The van der Waals surface area contributed by atoms with E-state index in [2.05, 4.69) is 12.7 Å². The Morgan fingerprint density at radius 1 is 0.824 bits per heavy atom. The van der Waals surface area contributed by atoms with Crippen LogP contribution in [0.5, 0.6) is 0 Å². The molecule has 1 aromatic carbocycles. The van der Waals surface area contributed by atoms with E-state index >= 15 is 0 Å². The zero-order valence-corrected chi connectivity index (χ0v) is 24.3. The summed E-state index contributed by atoms with van der Waals surface area (Å²) in [7, 11) is -3.84. The quantitative estimate of drug-likeness (QED) is 0.162. The molecule has 3 aliphatic carbocycles. The fourth-order valence-corrected chi connectivity index (χ4v) is 29.5. The van der Waals surface area contributed by atoms with Crippen LogP contribution in [0.4, 0.5) is 0 Å². The van der Waals surface area contributed by atoms with Gasteiger partial charge in [0.15, 0.2) is 0 Å². The summed E-state index contributed by atoms with van der Waals surface area (Å²) in [4.78, 5) is 1.29. The second-order valence-electron chi connectivity index (χ2n) is 10.8. The maximum absolute atomic E-state index is 14.2. The van der Waals surface area contributed by atoms with Gasteiger partial charge in [-0.1, -0.05) is 0 Å². The molecule has 1 aromatic rings. The summed E-state index contributed by atoms with van der Waals surface area (Å²) in [6, 6.07) is 7.39. The summed E-state index contributed by atoms with van der Waals surface area (Å²) in [6.45, 7) is 6.13. The topological polar surface area (TPSA) is 43.4 Å². The van der Waals surface area contributed by atoms with E-state index in [4.69, 9.17) is 3.97 Å². The van der Waals surface area contributed by atoms with Crippen LogP contribution in [0.15, 0.2) is 41.8 Å². The molecule has 0 radical (unpaired) electrons. The van der Waals surface area contributed by atoms with Gasteiger partial charge in [-0.15, -0.1) is 0 Å². The average Bonchev–Trinajstić information content (AvgIpc) is 2.88. The van der Waals surface area contributed by atoms with Crippen LogP contribution in [0.2, 0.25) is 4.89 Å². The molecule has 0 aliphatic heterocycles. The number of benzene rings is 1. The van der Waals surface area contributed by atoms with Gasteiger partial charge in [0.25, 0.3) is 0 Å². The Morgan fingerprint density at radius 2 is 1.24 bits per heavy atom. The van der Waals surface area contributed by atoms with E-state index in [1.165, 1.54) is 96.3 Å². The van der Waals surface area contributed by atoms with Crippen molar-refractivity contribution >= 4 is 15.1 Å². The van der Waals surface area contributed by atoms with Crippen LogP contribution in [-0.4, -0.2) is 25.4 Å². The first kappa shape index (κ1) is 27.0. The van der Waals surface area contributed by atoms with Crippen molar-refractivity contribution in [1.82, 2.24) is 0 Å². The minimum absolute atomic E-state index is 0.306. The van der Waals surface area contributed by atoms with Crippen molar-refractivity contribution in [3.05, 3.63) is 42.5 Å². The predicted octanol–water partition coefficient (Wildman–Crippen LogP) is 8.77. The molecule has 0 aromatic heterocycles. The van der Waals surface area contributed by atoms with Gasteiger partial charge in [-0.25, -0.2) is 0 Å². The van der Waals surface area contributed by atoms with Crippen molar-refractivity contribution in [3.8, 4) is 0 Å². The predicted molar refractivity (Wildman–Crippen MR) is 142 cm³/mol. The fraction of sp³-hybridized carbons (Fsp3) is 0.714. The van der Waals surface area contributed by atoms with Crippen molar-refractivity contribution in [2.45, 2.75) is 130 Å². The average molecular weight is 599 g/mol. The standard InChI is InChI=1S/C25H40O3PS.C3H5.Pd/c1-21-17-19-25(20-18-21)30(26,27)28-29(22-11-5-2-6-12-22,23-13-7-3-8-14-23)24-15-9-4-10-16-24;1-3-2;/h17-20,22-24H,2-16H2,1H3;3H,1-2H2;/q+1;;-1. The van der Waals surface area contributed by atoms with Gasteiger partial charge in [-0.3, -0.25) is 0 Å². The van der Waals surface area contributed by atoms with Gasteiger partial charge in [0.1, 0.15) is 0 Å². The van der Waals surface area contributed by atoms with Crippen molar-refractivity contribution in [3.63, 3.8) is 0 Å². The SMILES string of the molecule is C=C[CH2][Pd][P](OS(=O)(=O)c1ccc(C)cc1)(C1CCCCC1)(C1CCCCC1)C1CCCCC1. The van der Waals surface area contributed by atoms with Gasteiger partial charge in [0, 0.05) is 0 Å². The van der Waals surface area contributed by atoms with Crippen LogP contribution in [-0.2, 0) is 31.6 Å². The van der Waals surface area contributed by atoms with Crippen LogP contribution < -0.4 is 0 Å². The van der Waals surface area contributed by atoms with E-state index in [-0.39, 0.29) is 0 Å². The third kappa shape index (κ3) is 5.17. The monoisotopic (exact) mass is 598 g/mol. The summed E-state index contributed by atoms with van der Waals surface area (Å²) < 4.78 is 35.7. The van der Waals surface area contributed by atoms with E-state index in [0.717, 1.165) is 10.5 Å². The molecule has 3 saturated carbocycles. The summed E-state index contributed by atoms with van der Waals surface area (Å²) in [5.74, 6) is 0. The van der Waals surface area contributed by atoms with Crippen molar-refractivity contribution < 1.29 is 29.9 Å². The number of hydrogen-bond acceptors (Lipinski definition) is 3. The van der Waals surface area contributed by atoms with Gasteiger partial charge < -0.3 is 0 Å². The normalized spacial score (nSPS) is 23.4. The van der Waals surface area contributed by atoms with Crippen LogP contribution in [0, 0.1) is 6.92 Å². The maximum atomic E-state index is 14.2. The third-order valence-electron chi connectivity index (χ3n) is 8.71. The summed E-state index contributed by atoms with van der Waals surface area (Å²) in [6.07, 6.45) is 20.4. The molecule has 3 aliphatic rings. The first-order valence-electron chi connectivity index (χ1n) is 13.6. The molecule has 4 rings (SSSR count). The molecule has 0 amide bonds. The van der Waals surface area contributed by atoms with Crippen LogP contribution in [0.1, 0.15) is 102 Å². The van der Waals surface area contributed by atoms with E-state index in [9.17, 15) is 8.42 Å². The number of rotatable bonds is 9. The molecule has 3 fully saturated rings. The molecule has 34 heavy (non-hydrogen) atoms. The van der Waals surface area contributed by atoms with Gasteiger partial charge in [0.2, 0.25) is 0 Å². The molecule has 196 valence electrons. The zero-order valence-electron chi connectivity index (χ0n) is 21.0. The second-order valence-corrected chi connectivity index (χ2v) is 23.9. The Kier molecular flexibility index (Phi) is 9.19. The van der Waals surface area contributed by atoms with Gasteiger partial charge in [-0.2, -0.15) is 0 Å². The summed E-state index contributed by atoms with van der Waals surface area (Å²) >= 11 is 0.306. The molecular weight excluding hydrogens is 554 g/mol. The molecular formula is C28H45O3PPdS. The molecule has 0 bridgehead atoms. The number of hydrogen-bond donors (Lipinski definition) is 0. The molecule has 6 heteroatoms. The van der Waals surface area contributed by atoms with Crippen LogP contribution in [0.25, 0.3) is 0 Å². The van der Waals surface area contributed by atoms with Crippen LogP contribution in [0.3, 0.4) is 0 Å². The first-order chi connectivity index (χ1) is 16.4. The Hall–Kier alpha value is -0.0377. The van der Waals surface area contributed by atoms with E-state index in [1.807, 2.05) is 19.1 Å². The fourth-order valence-electron chi connectivity index (χ4n) is 7.15. The molecule has 0 saturated heterocycles. The van der Waals surface area contributed by atoms with E-state index in [1.54, 1.807) is 12.1 Å². The van der Waals surface area contributed by atoms with Crippen LogP contribution >= 0.6 is 5.02 Å². The third-order valence-corrected chi connectivity index (χ3v) is 28.4. The molecule has 0 heterocycles. The minimum atomic E-state index is -3.84. The molecule has 3 nitrogen and oxygen atoms in total. The summed E-state index contributed by atoms with van der Waals surface area (Å²) in [5, 5.41) is -3.13. The van der Waals surface area contributed by atoms with Crippen molar-refractivity contribution in [1.29, 1.82) is 0 Å². The van der Waals surface area contributed by atoms with E-state index < -0.39 is 15.1 Å². The molecule has 0 N–H and O–H groups in total. The van der Waals surface area contributed by atoms with E-state index in [0.29, 0.717) is 39.4 Å². The molecule has 0 spiro atoms. The van der Waals surface area contributed by atoms with Gasteiger partial charge in [0.05, 0.1) is 0 Å². The molecule has 0 unspecified atom stereocenters. The van der Waals surface area contributed by atoms with Crippen molar-refractivity contribution in [2.75, 3.05) is 0 Å². The van der Waals surface area contributed by atoms with Crippen molar-refractivity contribution in [2.24, 2.45) is 0 Å². The Balaban J connectivity index is 1.93. The Bertz CT molecular complexity index is 863. The Labute approximate surface area is 216 Å². The van der Waals surface area contributed by atoms with Gasteiger partial charge in [-0.05, 0) is 0 Å². The Morgan fingerprint density at radius 3 is 1.62 bits per heavy atom. The number of allylic oxidation sites excluding steroid dienone is 1. The first-order valence-corrected chi connectivity index (χ1v) is 20.4. The molecule has 0 atom stereocenters.